The fourth-order valence-corrected chi connectivity index (χ4v) is 0.889. The molecular weight excluding hydrogens is 162 g/mol. The molecule has 0 aromatic carbocycles. The van der Waals surface area contributed by atoms with Crippen LogP contribution in [0.4, 0.5) is 0 Å². The van der Waals surface area contributed by atoms with Crippen molar-refractivity contribution in [1.29, 1.82) is 0 Å². The summed E-state index contributed by atoms with van der Waals surface area (Å²) in [5, 5.41) is 38.6. The largest absolute Gasteiger partial charge is 0.396 e. The lowest BCUT2D eigenvalue weighted by Gasteiger charge is -2.21. The second-order valence-electron chi connectivity index (χ2n) is 2.70. The third-order valence-corrected chi connectivity index (χ3v) is 1.63. The van der Waals surface area contributed by atoms with Gasteiger partial charge in [-0.2, -0.15) is 0 Å². The summed E-state index contributed by atoms with van der Waals surface area (Å²) in [6, 6.07) is 0. The van der Waals surface area contributed by atoms with Gasteiger partial charge in [-0.05, 0) is 13.5 Å². The van der Waals surface area contributed by atoms with Crippen LogP contribution >= 0.6 is 0 Å². The Labute approximate surface area is 71.7 Å². The van der Waals surface area contributed by atoms with E-state index in [1.807, 2.05) is 0 Å². The van der Waals surface area contributed by atoms with E-state index in [2.05, 4.69) is 5.32 Å². The Morgan fingerprint density at radius 3 is 2.17 bits per heavy atom. The lowest BCUT2D eigenvalue weighted by molar-refractivity contribution is -0.0638. The van der Waals surface area contributed by atoms with E-state index in [0.29, 0.717) is 0 Å². The molecule has 0 rings (SSSR count). The zero-order valence-corrected chi connectivity index (χ0v) is 7.14. The Morgan fingerprint density at radius 1 is 1.17 bits per heavy atom. The summed E-state index contributed by atoms with van der Waals surface area (Å²) in [5.41, 5.74) is 0. The van der Waals surface area contributed by atoms with Crippen molar-refractivity contribution >= 4 is 0 Å². The molecule has 12 heavy (non-hydrogen) atoms. The van der Waals surface area contributed by atoms with Gasteiger partial charge in [0.15, 0.2) is 0 Å². The smallest absolute Gasteiger partial charge is 0.107 e. The van der Waals surface area contributed by atoms with Crippen molar-refractivity contribution in [3.8, 4) is 0 Å². The van der Waals surface area contributed by atoms with Crippen LogP contribution < -0.4 is 5.32 Å². The van der Waals surface area contributed by atoms with E-state index in [1.54, 1.807) is 7.05 Å². The number of hydrogen-bond acceptors (Lipinski definition) is 5. The zero-order valence-electron chi connectivity index (χ0n) is 7.14. The van der Waals surface area contributed by atoms with Crippen molar-refractivity contribution in [2.24, 2.45) is 0 Å². The third kappa shape index (κ3) is 3.99. The minimum absolute atomic E-state index is 0.0714. The maximum Gasteiger partial charge on any atom is 0.107 e. The predicted molar refractivity (Wildman–Crippen MR) is 43.6 cm³/mol. The highest BCUT2D eigenvalue weighted by atomic mass is 16.4. The Balaban J connectivity index is 3.73. The maximum atomic E-state index is 9.20. The van der Waals surface area contributed by atoms with E-state index >= 15 is 0 Å². The summed E-state index contributed by atoms with van der Waals surface area (Å²) in [6.07, 6.45) is -3.21. The van der Waals surface area contributed by atoms with Gasteiger partial charge in [0, 0.05) is 13.2 Å². The van der Waals surface area contributed by atoms with Crippen LogP contribution in [-0.4, -0.2) is 58.9 Å². The van der Waals surface area contributed by atoms with Crippen molar-refractivity contribution in [3.05, 3.63) is 0 Å². The molecule has 5 heteroatoms. The Hall–Kier alpha value is -0.200. The highest BCUT2D eigenvalue weighted by molar-refractivity contribution is 4.75. The molecule has 0 bridgehead atoms. The van der Waals surface area contributed by atoms with Crippen molar-refractivity contribution in [2.45, 2.75) is 24.7 Å². The lowest BCUT2D eigenvalue weighted by Crippen LogP contribution is -2.42. The van der Waals surface area contributed by atoms with E-state index < -0.39 is 18.3 Å². The number of likely N-dealkylation sites (N-methyl/N-ethyl adjacent to an activating group) is 1. The van der Waals surface area contributed by atoms with Gasteiger partial charge < -0.3 is 25.7 Å². The Morgan fingerprint density at radius 2 is 1.75 bits per heavy atom. The summed E-state index contributed by atoms with van der Waals surface area (Å²) in [7, 11) is 1.63. The molecule has 0 saturated heterocycles. The summed E-state index contributed by atoms with van der Waals surface area (Å²) in [5.74, 6) is 0. The van der Waals surface area contributed by atoms with Gasteiger partial charge in [0.1, 0.15) is 6.10 Å². The van der Waals surface area contributed by atoms with Gasteiger partial charge in [0.2, 0.25) is 0 Å². The number of aliphatic hydroxyl groups excluding tert-OH is 4. The van der Waals surface area contributed by atoms with Crippen molar-refractivity contribution in [2.75, 3.05) is 20.2 Å². The van der Waals surface area contributed by atoms with Gasteiger partial charge in [0.05, 0.1) is 12.2 Å². The first-order valence-electron chi connectivity index (χ1n) is 3.93. The maximum absolute atomic E-state index is 9.20. The van der Waals surface area contributed by atoms with Crippen LogP contribution in [0.2, 0.25) is 0 Å². The topological polar surface area (TPSA) is 93.0 Å². The molecule has 0 saturated carbocycles. The molecule has 0 radical (unpaired) electrons. The fourth-order valence-electron chi connectivity index (χ4n) is 0.889. The number of hydrogen-bond donors (Lipinski definition) is 5. The minimum atomic E-state index is -1.20. The summed E-state index contributed by atoms with van der Waals surface area (Å²) >= 11 is 0. The summed E-state index contributed by atoms with van der Waals surface area (Å²) in [4.78, 5) is 0. The molecule has 3 atom stereocenters. The first-order chi connectivity index (χ1) is 5.63. The Kier molecular flexibility index (Phi) is 6.23. The minimum Gasteiger partial charge on any atom is -0.396 e. The molecule has 74 valence electrons. The van der Waals surface area contributed by atoms with Crippen LogP contribution in [0.3, 0.4) is 0 Å². The van der Waals surface area contributed by atoms with Crippen LogP contribution in [0.5, 0.6) is 0 Å². The van der Waals surface area contributed by atoms with Gasteiger partial charge in [-0.1, -0.05) is 0 Å². The second kappa shape index (κ2) is 6.33. The Bertz CT molecular complexity index is 99.6. The lowest BCUT2D eigenvalue weighted by atomic mass is 10.1. The number of aliphatic hydroxyl groups is 4. The van der Waals surface area contributed by atoms with Crippen molar-refractivity contribution in [1.82, 2.24) is 5.32 Å². The monoisotopic (exact) mass is 179 g/mol. The first kappa shape index (κ1) is 11.8. The molecule has 0 aliphatic carbocycles. The normalized spacial score (nSPS) is 18.8. The fraction of sp³-hybridized carbons (Fsp3) is 1.00. The molecule has 0 spiro atoms. The van der Waals surface area contributed by atoms with Gasteiger partial charge in [-0.15, -0.1) is 0 Å². The van der Waals surface area contributed by atoms with Crippen LogP contribution in [0.15, 0.2) is 0 Å². The van der Waals surface area contributed by atoms with E-state index in [9.17, 15) is 5.11 Å². The standard InChI is InChI=1S/C7H17NO4/c1-8-4-6(11)7(12)5(10)2-3-9/h5-12H,2-4H2,1H3/t5-,6?,7+/m1/s1. The second-order valence-corrected chi connectivity index (χ2v) is 2.70. The average Bonchev–Trinajstić information content (AvgIpc) is 2.04. The van der Waals surface area contributed by atoms with E-state index in [1.165, 1.54) is 0 Å². The molecule has 5 nitrogen and oxygen atoms in total. The van der Waals surface area contributed by atoms with Crippen LogP contribution in [-0.2, 0) is 0 Å². The molecule has 0 amide bonds. The van der Waals surface area contributed by atoms with E-state index in [4.69, 9.17) is 15.3 Å². The average molecular weight is 179 g/mol. The molecule has 0 fully saturated rings. The van der Waals surface area contributed by atoms with Crippen molar-refractivity contribution in [3.63, 3.8) is 0 Å². The number of rotatable bonds is 6. The van der Waals surface area contributed by atoms with Gasteiger partial charge in [-0.25, -0.2) is 0 Å². The summed E-state index contributed by atoms with van der Waals surface area (Å²) < 4.78 is 0. The quantitative estimate of drug-likeness (QED) is 0.315. The highest BCUT2D eigenvalue weighted by Gasteiger charge is 2.23. The van der Waals surface area contributed by atoms with Crippen LogP contribution in [0.25, 0.3) is 0 Å². The van der Waals surface area contributed by atoms with Gasteiger partial charge >= 0.3 is 0 Å². The zero-order chi connectivity index (χ0) is 9.56. The number of nitrogens with one attached hydrogen (secondary N) is 1. The summed E-state index contributed by atoms with van der Waals surface area (Å²) in [6.45, 7) is 0.00809. The first-order valence-corrected chi connectivity index (χ1v) is 3.93. The van der Waals surface area contributed by atoms with Gasteiger partial charge in [-0.3, -0.25) is 0 Å². The molecule has 0 aromatic heterocycles. The highest BCUT2D eigenvalue weighted by Crippen LogP contribution is 2.02. The van der Waals surface area contributed by atoms with E-state index in [-0.39, 0.29) is 19.6 Å². The third-order valence-electron chi connectivity index (χ3n) is 1.63. The molecular formula is C7H17NO4. The molecule has 5 N–H and O–H groups in total. The predicted octanol–water partition coefficient (Wildman–Crippen LogP) is -2.33. The SMILES string of the molecule is CNCC(O)[C@@H](O)[C@H](O)CCO. The van der Waals surface area contributed by atoms with E-state index in [0.717, 1.165) is 0 Å². The molecule has 0 aliphatic rings. The molecule has 1 unspecified atom stereocenters. The molecule has 0 heterocycles. The molecule has 0 aromatic rings. The molecule has 0 aliphatic heterocycles. The van der Waals surface area contributed by atoms with Crippen LogP contribution in [0, 0.1) is 0 Å². The van der Waals surface area contributed by atoms with Crippen LogP contribution in [0.1, 0.15) is 6.42 Å². The van der Waals surface area contributed by atoms with Gasteiger partial charge in [0.25, 0.3) is 0 Å². The van der Waals surface area contributed by atoms with Crippen molar-refractivity contribution < 1.29 is 20.4 Å².